The van der Waals surface area contributed by atoms with Crippen molar-refractivity contribution in [2.45, 2.75) is 26.2 Å². The summed E-state index contributed by atoms with van der Waals surface area (Å²) < 4.78 is 10.5. The van der Waals surface area contributed by atoms with Crippen molar-refractivity contribution in [2.24, 2.45) is 0 Å². The SMILES string of the molecule is COc1cc(C(C)(C)C)c(OC)cc1C=O. The Hall–Kier alpha value is -1.51. The summed E-state index contributed by atoms with van der Waals surface area (Å²) in [5.74, 6) is 1.30. The fourth-order valence-electron chi connectivity index (χ4n) is 1.60. The molecule has 0 radical (unpaired) electrons. The maximum atomic E-state index is 10.9. The average Bonchev–Trinajstić information content (AvgIpc) is 2.25. The van der Waals surface area contributed by atoms with Gasteiger partial charge in [0.25, 0.3) is 0 Å². The van der Waals surface area contributed by atoms with Gasteiger partial charge in [0, 0.05) is 5.56 Å². The number of benzene rings is 1. The van der Waals surface area contributed by atoms with Gasteiger partial charge in [-0.25, -0.2) is 0 Å². The second kappa shape index (κ2) is 4.56. The molecule has 0 unspecified atom stereocenters. The Balaban J connectivity index is 3.43. The molecule has 0 saturated carbocycles. The second-order valence-corrected chi connectivity index (χ2v) is 4.66. The monoisotopic (exact) mass is 222 g/mol. The molecule has 1 aromatic carbocycles. The second-order valence-electron chi connectivity index (χ2n) is 4.66. The summed E-state index contributed by atoms with van der Waals surface area (Å²) in [7, 11) is 3.16. The predicted molar refractivity (Wildman–Crippen MR) is 63.6 cm³/mol. The molecule has 0 fully saturated rings. The van der Waals surface area contributed by atoms with Gasteiger partial charge in [0.1, 0.15) is 11.5 Å². The summed E-state index contributed by atoms with van der Waals surface area (Å²) in [5, 5.41) is 0. The van der Waals surface area contributed by atoms with Crippen molar-refractivity contribution in [3.8, 4) is 11.5 Å². The van der Waals surface area contributed by atoms with Crippen molar-refractivity contribution in [3.63, 3.8) is 0 Å². The number of methoxy groups -OCH3 is 2. The Morgan fingerprint density at radius 2 is 1.62 bits per heavy atom. The van der Waals surface area contributed by atoms with E-state index in [1.54, 1.807) is 20.3 Å². The molecule has 0 aromatic heterocycles. The van der Waals surface area contributed by atoms with Crippen molar-refractivity contribution in [1.82, 2.24) is 0 Å². The third-order valence-corrected chi connectivity index (χ3v) is 2.49. The van der Waals surface area contributed by atoms with Crippen LogP contribution >= 0.6 is 0 Å². The lowest BCUT2D eigenvalue weighted by Crippen LogP contribution is -2.13. The van der Waals surface area contributed by atoms with Crippen LogP contribution in [0.25, 0.3) is 0 Å². The van der Waals surface area contributed by atoms with E-state index in [9.17, 15) is 4.79 Å². The van der Waals surface area contributed by atoms with Gasteiger partial charge < -0.3 is 9.47 Å². The first-order chi connectivity index (χ1) is 7.43. The van der Waals surface area contributed by atoms with Gasteiger partial charge in [-0.3, -0.25) is 4.79 Å². The lowest BCUT2D eigenvalue weighted by molar-refractivity contribution is 0.112. The van der Waals surface area contributed by atoms with Crippen LogP contribution in [0.3, 0.4) is 0 Å². The first-order valence-electron chi connectivity index (χ1n) is 5.15. The van der Waals surface area contributed by atoms with Gasteiger partial charge in [-0.2, -0.15) is 0 Å². The minimum Gasteiger partial charge on any atom is -0.496 e. The summed E-state index contributed by atoms with van der Waals surface area (Å²) in [6, 6.07) is 3.58. The molecule has 16 heavy (non-hydrogen) atoms. The molecule has 0 N–H and O–H groups in total. The van der Waals surface area contributed by atoms with Crippen LogP contribution in [0, 0.1) is 0 Å². The Kier molecular flexibility index (Phi) is 3.58. The zero-order chi connectivity index (χ0) is 12.3. The first kappa shape index (κ1) is 12.6. The lowest BCUT2D eigenvalue weighted by Gasteiger charge is -2.23. The minimum atomic E-state index is -0.0555. The van der Waals surface area contributed by atoms with E-state index in [2.05, 4.69) is 20.8 Å². The average molecular weight is 222 g/mol. The highest BCUT2D eigenvalue weighted by molar-refractivity contribution is 5.81. The molecule has 0 amide bonds. The smallest absolute Gasteiger partial charge is 0.153 e. The quantitative estimate of drug-likeness (QED) is 0.738. The standard InChI is InChI=1S/C13H18O3/c1-13(2,3)10-7-11(15-4)9(8-14)6-12(10)16-5/h6-8H,1-5H3. The largest absolute Gasteiger partial charge is 0.496 e. The van der Waals surface area contributed by atoms with Crippen LogP contribution in [-0.4, -0.2) is 20.5 Å². The van der Waals surface area contributed by atoms with Crippen molar-refractivity contribution in [2.75, 3.05) is 14.2 Å². The zero-order valence-electron chi connectivity index (χ0n) is 10.5. The van der Waals surface area contributed by atoms with E-state index in [1.165, 1.54) is 0 Å². The van der Waals surface area contributed by atoms with Gasteiger partial charge in [0.2, 0.25) is 0 Å². The summed E-state index contributed by atoms with van der Waals surface area (Å²) in [6.07, 6.45) is 0.772. The van der Waals surface area contributed by atoms with E-state index < -0.39 is 0 Å². The highest BCUT2D eigenvalue weighted by Gasteiger charge is 2.21. The van der Waals surface area contributed by atoms with Gasteiger partial charge in [-0.05, 0) is 17.5 Å². The molecule has 0 bridgehead atoms. The van der Waals surface area contributed by atoms with E-state index in [4.69, 9.17) is 9.47 Å². The maximum absolute atomic E-state index is 10.9. The van der Waals surface area contributed by atoms with E-state index in [0.717, 1.165) is 17.6 Å². The Morgan fingerprint density at radius 1 is 1.06 bits per heavy atom. The van der Waals surface area contributed by atoms with Crippen molar-refractivity contribution in [3.05, 3.63) is 23.3 Å². The van der Waals surface area contributed by atoms with Crippen molar-refractivity contribution >= 4 is 6.29 Å². The number of hydrogen-bond donors (Lipinski definition) is 0. The summed E-state index contributed by atoms with van der Waals surface area (Å²) in [5.41, 5.74) is 1.48. The highest BCUT2D eigenvalue weighted by Crippen LogP contribution is 2.35. The fourth-order valence-corrected chi connectivity index (χ4v) is 1.60. The lowest BCUT2D eigenvalue weighted by atomic mass is 9.85. The Bertz CT molecular complexity index is 389. The normalized spacial score (nSPS) is 11.1. The maximum Gasteiger partial charge on any atom is 0.153 e. The van der Waals surface area contributed by atoms with Gasteiger partial charge in [-0.15, -0.1) is 0 Å². The number of hydrogen-bond acceptors (Lipinski definition) is 3. The topological polar surface area (TPSA) is 35.5 Å². The zero-order valence-corrected chi connectivity index (χ0v) is 10.5. The molecule has 0 aliphatic heterocycles. The molecular formula is C13H18O3. The fraction of sp³-hybridized carbons (Fsp3) is 0.462. The Morgan fingerprint density at radius 3 is 2.00 bits per heavy atom. The molecule has 88 valence electrons. The van der Waals surface area contributed by atoms with Crippen LogP contribution < -0.4 is 9.47 Å². The number of ether oxygens (including phenoxy) is 2. The van der Waals surface area contributed by atoms with E-state index >= 15 is 0 Å². The third-order valence-electron chi connectivity index (χ3n) is 2.49. The van der Waals surface area contributed by atoms with Crippen LogP contribution in [0.2, 0.25) is 0 Å². The number of rotatable bonds is 3. The number of aldehydes is 1. The van der Waals surface area contributed by atoms with Gasteiger partial charge in [0.15, 0.2) is 6.29 Å². The Labute approximate surface area is 96.4 Å². The van der Waals surface area contributed by atoms with Crippen LogP contribution in [0.4, 0.5) is 0 Å². The minimum absolute atomic E-state index is 0.0555. The van der Waals surface area contributed by atoms with Crippen LogP contribution in [0.15, 0.2) is 12.1 Å². The molecule has 3 heteroatoms. The molecule has 0 saturated heterocycles. The summed E-state index contributed by atoms with van der Waals surface area (Å²) in [4.78, 5) is 10.9. The van der Waals surface area contributed by atoms with Crippen LogP contribution in [0.1, 0.15) is 36.7 Å². The van der Waals surface area contributed by atoms with Gasteiger partial charge >= 0.3 is 0 Å². The molecule has 0 atom stereocenters. The molecule has 0 aliphatic carbocycles. The van der Waals surface area contributed by atoms with E-state index in [1.807, 2.05) is 6.07 Å². The number of carbonyl (C=O) groups is 1. The van der Waals surface area contributed by atoms with Gasteiger partial charge in [0.05, 0.1) is 19.8 Å². The van der Waals surface area contributed by atoms with Gasteiger partial charge in [-0.1, -0.05) is 20.8 Å². The van der Waals surface area contributed by atoms with Crippen LogP contribution in [-0.2, 0) is 5.41 Å². The molecule has 0 aliphatic rings. The van der Waals surface area contributed by atoms with E-state index in [-0.39, 0.29) is 5.41 Å². The molecule has 1 rings (SSSR count). The van der Waals surface area contributed by atoms with Crippen molar-refractivity contribution < 1.29 is 14.3 Å². The summed E-state index contributed by atoms with van der Waals surface area (Å²) >= 11 is 0. The first-order valence-corrected chi connectivity index (χ1v) is 5.15. The molecule has 3 nitrogen and oxygen atoms in total. The van der Waals surface area contributed by atoms with E-state index in [0.29, 0.717) is 11.3 Å². The predicted octanol–water partition coefficient (Wildman–Crippen LogP) is 2.81. The highest BCUT2D eigenvalue weighted by atomic mass is 16.5. The molecular weight excluding hydrogens is 204 g/mol. The third kappa shape index (κ3) is 2.35. The van der Waals surface area contributed by atoms with Crippen molar-refractivity contribution in [1.29, 1.82) is 0 Å². The molecule has 0 spiro atoms. The van der Waals surface area contributed by atoms with Crippen LogP contribution in [0.5, 0.6) is 11.5 Å². The molecule has 1 aromatic rings. The molecule has 0 heterocycles. The summed E-state index contributed by atoms with van der Waals surface area (Å²) in [6.45, 7) is 6.26. The number of carbonyl (C=O) groups excluding carboxylic acids is 1.